The Hall–Kier alpha value is -5.34. The van der Waals surface area contributed by atoms with Crippen molar-refractivity contribution >= 4 is 33.2 Å². The monoisotopic (exact) mass is 722 g/mol. The molecular weight excluding hydrogens is 690 g/mol. The maximum Gasteiger partial charge on any atom is 0.416 e. The van der Waals surface area contributed by atoms with Gasteiger partial charge in [0.05, 0.1) is 41.3 Å². The number of non-ortho nitro benzene ring substituents is 1. The second-order valence-electron chi connectivity index (χ2n) is 12.8. The molecule has 2 saturated heterocycles. The van der Waals surface area contributed by atoms with Crippen LogP contribution in [0, 0.1) is 10.1 Å². The average Bonchev–Trinajstić information content (AvgIpc) is 3.93. The van der Waals surface area contributed by atoms with E-state index in [-0.39, 0.29) is 17.8 Å². The molecule has 270 valence electrons. The predicted octanol–water partition coefficient (Wildman–Crippen LogP) is 10.1. The van der Waals surface area contributed by atoms with Gasteiger partial charge in [0, 0.05) is 64.2 Å². The van der Waals surface area contributed by atoms with E-state index in [0.29, 0.717) is 43.1 Å². The third-order valence-electron chi connectivity index (χ3n) is 9.45. The first kappa shape index (κ1) is 35.1. The Bertz CT molecular complexity index is 2230. The highest BCUT2D eigenvalue weighted by Gasteiger charge is 2.32. The summed E-state index contributed by atoms with van der Waals surface area (Å²) in [4.78, 5) is 10.6. The molecule has 0 spiro atoms. The summed E-state index contributed by atoms with van der Waals surface area (Å²) in [5.74, 6) is 0. The number of halogens is 6. The quantitative estimate of drug-likeness (QED) is 0.0827. The van der Waals surface area contributed by atoms with Crippen molar-refractivity contribution in [2.24, 2.45) is 0 Å². The second kappa shape index (κ2) is 13.7. The van der Waals surface area contributed by atoms with E-state index in [4.69, 9.17) is 15.2 Å². The molecule has 2 unspecified atom stereocenters. The first-order valence-corrected chi connectivity index (χ1v) is 16.5. The summed E-state index contributed by atoms with van der Waals surface area (Å²) < 4.78 is 92.2. The van der Waals surface area contributed by atoms with Crippen LogP contribution < -0.4 is 5.73 Å². The van der Waals surface area contributed by atoms with Gasteiger partial charge in [-0.1, -0.05) is 24.3 Å². The van der Waals surface area contributed by atoms with Crippen LogP contribution in [0.2, 0.25) is 0 Å². The summed E-state index contributed by atoms with van der Waals surface area (Å²) in [7, 11) is 0. The van der Waals surface area contributed by atoms with Crippen molar-refractivity contribution in [2.75, 3.05) is 32.2 Å². The summed E-state index contributed by atoms with van der Waals surface area (Å²) in [6.45, 7) is 2.38. The number of nitrogens with two attached hydrogens (primary N) is 1. The molecule has 2 atom stereocenters. The Kier molecular flexibility index (Phi) is 9.21. The Morgan fingerprint density at radius 1 is 0.635 bits per heavy atom. The number of anilines is 1. The SMILES string of the molecule is Nc1ccc2c(c1)cc(-c1ccc(C(F)(F)F)cc1)n2C1CCOC1.O=[N+]([O-])c1ccc2c(c1)cc(-c1ccc(C(F)(F)F)cc1)n2C1CCOC1. The van der Waals surface area contributed by atoms with Crippen LogP contribution in [-0.2, 0) is 21.8 Å². The minimum Gasteiger partial charge on any atom is -0.399 e. The fourth-order valence-electron chi connectivity index (χ4n) is 6.93. The average molecular weight is 723 g/mol. The lowest BCUT2D eigenvalue weighted by Crippen LogP contribution is -2.10. The Labute approximate surface area is 293 Å². The standard InChI is InChI=1S/C19H15F3N2O3.C19H17F3N2O/c20-19(21,22)14-3-1-12(2-4-14)18-10-13-9-15(24(25)26)5-6-17(13)23(18)16-7-8-27-11-16;20-19(21,22)14-3-1-12(2-4-14)18-10-13-9-15(23)5-6-17(13)24(18)16-7-8-25-11-16/h1-6,9-10,16H,7-8,11H2;1-6,9-10,16H,7-8,11,23H2. The lowest BCUT2D eigenvalue weighted by atomic mass is 10.1. The Balaban J connectivity index is 0.000000162. The summed E-state index contributed by atoms with van der Waals surface area (Å²) >= 11 is 0. The molecule has 0 amide bonds. The van der Waals surface area contributed by atoms with E-state index in [1.54, 1.807) is 12.1 Å². The molecule has 8 rings (SSSR count). The molecular formula is C38H32F6N4O4. The van der Waals surface area contributed by atoms with E-state index in [1.807, 2.05) is 28.8 Å². The van der Waals surface area contributed by atoms with Crippen molar-refractivity contribution in [3.05, 3.63) is 118 Å². The van der Waals surface area contributed by atoms with Crippen LogP contribution in [0.3, 0.4) is 0 Å². The Morgan fingerprint density at radius 3 is 1.48 bits per heavy atom. The van der Waals surface area contributed by atoms with Gasteiger partial charge in [0.15, 0.2) is 0 Å². The number of hydrogen-bond acceptors (Lipinski definition) is 5. The molecule has 6 aromatic rings. The van der Waals surface area contributed by atoms with Gasteiger partial charge in [0.2, 0.25) is 0 Å². The molecule has 52 heavy (non-hydrogen) atoms. The predicted molar refractivity (Wildman–Crippen MR) is 185 cm³/mol. The number of nitrogens with zero attached hydrogens (tertiary/aromatic N) is 3. The lowest BCUT2D eigenvalue weighted by molar-refractivity contribution is -0.384. The highest BCUT2D eigenvalue weighted by atomic mass is 19.4. The van der Waals surface area contributed by atoms with Crippen molar-refractivity contribution in [3.8, 4) is 22.5 Å². The number of aromatic nitrogens is 2. The van der Waals surface area contributed by atoms with Crippen molar-refractivity contribution in [2.45, 2.75) is 37.3 Å². The number of benzene rings is 4. The van der Waals surface area contributed by atoms with Gasteiger partial charge in [0.25, 0.3) is 5.69 Å². The molecule has 0 saturated carbocycles. The molecule has 2 aromatic heterocycles. The number of rotatable bonds is 5. The van der Waals surface area contributed by atoms with Crippen LogP contribution >= 0.6 is 0 Å². The number of fused-ring (bicyclic) bond motifs is 2. The van der Waals surface area contributed by atoms with Crippen LogP contribution in [0.4, 0.5) is 37.7 Å². The number of nitrogen functional groups attached to an aromatic ring is 1. The van der Waals surface area contributed by atoms with E-state index in [9.17, 15) is 36.5 Å². The van der Waals surface area contributed by atoms with E-state index in [1.165, 1.54) is 36.4 Å². The largest absolute Gasteiger partial charge is 0.416 e. The molecule has 4 aromatic carbocycles. The van der Waals surface area contributed by atoms with Crippen LogP contribution in [0.5, 0.6) is 0 Å². The van der Waals surface area contributed by atoms with Gasteiger partial charge < -0.3 is 24.3 Å². The van der Waals surface area contributed by atoms with Crippen molar-refractivity contribution in [1.82, 2.24) is 9.13 Å². The molecule has 0 radical (unpaired) electrons. The fraction of sp³-hybridized carbons (Fsp3) is 0.263. The molecule has 14 heteroatoms. The summed E-state index contributed by atoms with van der Waals surface area (Å²) in [6, 6.07) is 24.5. The van der Waals surface area contributed by atoms with Gasteiger partial charge in [-0.15, -0.1) is 0 Å². The van der Waals surface area contributed by atoms with Crippen LogP contribution in [0.25, 0.3) is 44.3 Å². The highest BCUT2D eigenvalue weighted by Crippen LogP contribution is 2.39. The van der Waals surface area contributed by atoms with E-state index >= 15 is 0 Å². The zero-order valence-electron chi connectivity index (χ0n) is 27.5. The van der Waals surface area contributed by atoms with Crippen LogP contribution in [0.15, 0.2) is 97.1 Å². The van der Waals surface area contributed by atoms with Gasteiger partial charge in [-0.05, 0) is 84.6 Å². The first-order chi connectivity index (χ1) is 24.8. The minimum absolute atomic E-state index is 0.0266. The van der Waals surface area contributed by atoms with Crippen molar-refractivity contribution < 1.29 is 40.7 Å². The molecule has 2 aliphatic heterocycles. The molecule has 0 aliphatic carbocycles. The normalized spacial score (nSPS) is 17.8. The topological polar surface area (TPSA) is 97.5 Å². The van der Waals surface area contributed by atoms with E-state index in [2.05, 4.69) is 4.57 Å². The number of ether oxygens (including phenoxy) is 2. The maximum absolute atomic E-state index is 12.8. The highest BCUT2D eigenvalue weighted by molar-refractivity contribution is 5.90. The van der Waals surface area contributed by atoms with Gasteiger partial charge in [-0.3, -0.25) is 10.1 Å². The molecule has 4 heterocycles. The number of nitro benzene ring substituents is 1. The summed E-state index contributed by atoms with van der Waals surface area (Å²) in [5.41, 5.74) is 9.93. The summed E-state index contributed by atoms with van der Waals surface area (Å²) in [5, 5.41) is 12.7. The smallest absolute Gasteiger partial charge is 0.399 e. The number of nitro groups is 1. The zero-order chi connectivity index (χ0) is 36.8. The van der Waals surface area contributed by atoms with E-state index < -0.39 is 28.4 Å². The van der Waals surface area contributed by atoms with Gasteiger partial charge in [-0.2, -0.15) is 26.3 Å². The zero-order valence-corrected chi connectivity index (χ0v) is 27.5. The molecule has 2 aliphatic rings. The molecule has 8 nitrogen and oxygen atoms in total. The van der Waals surface area contributed by atoms with Crippen molar-refractivity contribution in [1.29, 1.82) is 0 Å². The maximum atomic E-state index is 12.8. The van der Waals surface area contributed by atoms with Crippen molar-refractivity contribution in [3.63, 3.8) is 0 Å². The molecule has 0 bridgehead atoms. The third kappa shape index (κ3) is 6.95. The first-order valence-electron chi connectivity index (χ1n) is 16.5. The van der Waals surface area contributed by atoms with Crippen LogP contribution in [0.1, 0.15) is 36.1 Å². The third-order valence-corrected chi connectivity index (χ3v) is 9.45. The number of hydrogen-bond donors (Lipinski definition) is 1. The lowest BCUT2D eigenvalue weighted by Gasteiger charge is -2.17. The van der Waals surface area contributed by atoms with E-state index in [0.717, 1.165) is 70.5 Å². The molecule has 2 N–H and O–H groups in total. The minimum atomic E-state index is -4.40. The second-order valence-corrected chi connectivity index (χ2v) is 12.8. The van der Waals surface area contributed by atoms with Gasteiger partial charge >= 0.3 is 12.4 Å². The Morgan fingerprint density at radius 2 is 1.08 bits per heavy atom. The van der Waals surface area contributed by atoms with Gasteiger partial charge in [0.1, 0.15) is 0 Å². The molecule has 2 fully saturated rings. The number of alkyl halides is 6. The summed E-state index contributed by atoms with van der Waals surface area (Å²) in [6.07, 6.45) is -7.08. The fourth-order valence-corrected chi connectivity index (χ4v) is 6.93. The van der Waals surface area contributed by atoms with Gasteiger partial charge in [-0.25, -0.2) is 0 Å². The van der Waals surface area contributed by atoms with Crippen LogP contribution in [-0.4, -0.2) is 40.5 Å².